The minimum atomic E-state index is -4.71. The summed E-state index contributed by atoms with van der Waals surface area (Å²) in [5.41, 5.74) is 3.42. The Hall–Kier alpha value is -2.58. The average molecular weight is 273 g/mol. The number of nitrogens with zero attached hydrogens (tertiary/aromatic N) is 2. The maximum absolute atomic E-state index is 12.7. The largest absolute Gasteiger partial charge is 0.416 e. The summed E-state index contributed by atoms with van der Waals surface area (Å²) in [6.45, 7) is 0. The first-order valence-electron chi connectivity index (χ1n) is 4.86. The lowest BCUT2D eigenvalue weighted by atomic mass is 10.1. The van der Waals surface area contributed by atoms with Gasteiger partial charge in [-0.1, -0.05) is 5.16 Å². The first kappa shape index (κ1) is 12.9. The molecule has 0 aliphatic carbocycles. The van der Waals surface area contributed by atoms with Crippen LogP contribution in [0.2, 0.25) is 0 Å². The number of alkyl halides is 3. The number of non-ortho nitro benzene ring substituents is 1. The zero-order chi connectivity index (χ0) is 14.2. The number of hydrogen-bond donors (Lipinski definition) is 1. The zero-order valence-corrected chi connectivity index (χ0v) is 9.14. The molecule has 0 spiro atoms. The van der Waals surface area contributed by atoms with Crippen molar-refractivity contribution in [3.05, 3.63) is 40.1 Å². The Bertz CT molecular complexity index is 636. The van der Waals surface area contributed by atoms with Gasteiger partial charge in [0, 0.05) is 17.7 Å². The highest BCUT2D eigenvalue weighted by Crippen LogP contribution is 2.36. The molecule has 1 aromatic carbocycles. The second-order valence-electron chi connectivity index (χ2n) is 3.63. The maximum atomic E-state index is 12.7. The van der Waals surface area contributed by atoms with E-state index < -0.39 is 22.4 Å². The van der Waals surface area contributed by atoms with Gasteiger partial charge in [-0.3, -0.25) is 10.1 Å². The Morgan fingerprint density at radius 3 is 2.47 bits per heavy atom. The number of halogens is 3. The Morgan fingerprint density at radius 2 is 2.00 bits per heavy atom. The highest BCUT2D eigenvalue weighted by molar-refractivity contribution is 5.72. The number of nitro groups is 1. The van der Waals surface area contributed by atoms with Crippen molar-refractivity contribution in [2.24, 2.45) is 0 Å². The van der Waals surface area contributed by atoms with Gasteiger partial charge in [0.05, 0.1) is 16.7 Å². The van der Waals surface area contributed by atoms with Crippen molar-refractivity contribution in [1.82, 2.24) is 5.16 Å². The molecular weight excluding hydrogens is 267 g/mol. The van der Waals surface area contributed by atoms with E-state index in [0.717, 1.165) is 12.3 Å². The third-order valence-corrected chi connectivity index (χ3v) is 2.32. The van der Waals surface area contributed by atoms with E-state index in [1.807, 2.05) is 0 Å². The highest BCUT2D eigenvalue weighted by atomic mass is 19.4. The summed E-state index contributed by atoms with van der Waals surface area (Å²) in [6.07, 6.45) is -3.61. The van der Waals surface area contributed by atoms with Crippen LogP contribution in [0.5, 0.6) is 0 Å². The van der Waals surface area contributed by atoms with Crippen molar-refractivity contribution in [2.75, 3.05) is 5.73 Å². The standard InChI is InChI=1S/C10H6F3N3O3/c11-10(12,13)6-1-5(2-7(3-6)16(17)18)9-8(14)4-15-19-9/h1-4H,14H2. The highest BCUT2D eigenvalue weighted by Gasteiger charge is 2.33. The fraction of sp³-hybridized carbons (Fsp3) is 0.100. The molecule has 2 aromatic rings. The molecular formula is C10H6F3N3O3. The minimum Gasteiger partial charge on any atom is -0.394 e. The summed E-state index contributed by atoms with van der Waals surface area (Å²) < 4.78 is 42.6. The van der Waals surface area contributed by atoms with Gasteiger partial charge in [0.2, 0.25) is 0 Å². The quantitative estimate of drug-likeness (QED) is 0.670. The van der Waals surface area contributed by atoms with E-state index in [-0.39, 0.29) is 17.0 Å². The van der Waals surface area contributed by atoms with Gasteiger partial charge < -0.3 is 10.3 Å². The summed E-state index contributed by atoms with van der Waals surface area (Å²) in [5, 5.41) is 14.0. The number of hydrogen-bond acceptors (Lipinski definition) is 5. The summed E-state index contributed by atoms with van der Waals surface area (Å²) in [5.74, 6) is -0.144. The Balaban J connectivity index is 2.65. The summed E-state index contributed by atoms with van der Waals surface area (Å²) in [6, 6.07) is 2.09. The number of anilines is 1. The Kier molecular flexibility index (Phi) is 2.89. The molecule has 2 N–H and O–H groups in total. The second-order valence-corrected chi connectivity index (χ2v) is 3.63. The van der Waals surface area contributed by atoms with Crippen molar-refractivity contribution in [1.29, 1.82) is 0 Å². The normalized spacial score (nSPS) is 11.5. The van der Waals surface area contributed by atoms with Gasteiger partial charge in [-0.05, 0) is 6.07 Å². The van der Waals surface area contributed by atoms with E-state index in [1.54, 1.807) is 0 Å². The molecule has 100 valence electrons. The van der Waals surface area contributed by atoms with Gasteiger partial charge in [0.25, 0.3) is 5.69 Å². The molecule has 0 bridgehead atoms. The van der Waals surface area contributed by atoms with Crippen LogP contribution in [0.4, 0.5) is 24.5 Å². The third kappa shape index (κ3) is 2.49. The lowest BCUT2D eigenvalue weighted by Crippen LogP contribution is -2.06. The molecule has 0 amide bonds. The lowest BCUT2D eigenvalue weighted by molar-refractivity contribution is -0.385. The SMILES string of the molecule is Nc1cnoc1-c1cc([N+](=O)[O-])cc(C(F)(F)F)c1. The van der Waals surface area contributed by atoms with Crippen molar-refractivity contribution in [2.45, 2.75) is 6.18 Å². The topological polar surface area (TPSA) is 95.2 Å². The molecule has 6 nitrogen and oxygen atoms in total. The number of nitrogens with two attached hydrogens (primary N) is 1. The molecule has 0 aliphatic heterocycles. The van der Waals surface area contributed by atoms with Gasteiger partial charge in [-0.25, -0.2) is 0 Å². The zero-order valence-electron chi connectivity index (χ0n) is 9.14. The monoisotopic (exact) mass is 273 g/mol. The van der Waals surface area contributed by atoms with Crippen LogP contribution in [0, 0.1) is 10.1 Å². The van der Waals surface area contributed by atoms with E-state index in [0.29, 0.717) is 12.1 Å². The van der Waals surface area contributed by atoms with Gasteiger partial charge in [-0.2, -0.15) is 13.2 Å². The van der Waals surface area contributed by atoms with Crippen LogP contribution < -0.4 is 5.73 Å². The molecule has 0 saturated carbocycles. The lowest BCUT2D eigenvalue weighted by Gasteiger charge is -2.08. The first-order valence-corrected chi connectivity index (χ1v) is 4.86. The number of aromatic nitrogens is 1. The predicted molar refractivity (Wildman–Crippen MR) is 58.0 cm³/mol. The van der Waals surface area contributed by atoms with Crippen molar-refractivity contribution in [3.8, 4) is 11.3 Å². The second kappa shape index (κ2) is 4.26. The van der Waals surface area contributed by atoms with Crippen molar-refractivity contribution < 1.29 is 22.6 Å². The first-order chi connectivity index (χ1) is 8.79. The molecule has 0 fully saturated rings. The Labute approximate surface area is 103 Å². The van der Waals surface area contributed by atoms with Gasteiger partial charge >= 0.3 is 6.18 Å². The molecule has 9 heteroatoms. The molecule has 1 heterocycles. The minimum absolute atomic E-state index is 0.00591. The molecule has 0 aliphatic rings. The van der Waals surface area contributed by atoms with Gasteiger partial charge in [0.1, 0.15) is 5.69 Å². The molecule has 1 aromatic heterocycles. The number of rotatable bonds is 2. The van der Waals surface area contributed by atoms with Crippen LogP contribution in [0.1, 0.15) is 5.56 Å². The van der Waals surface area contributed by atoms with E-state index >= 15 is 0 Å². The summed E-state index contributed by atoms with van der Waals surface area (Å²) in [7, 11) is 0. The van der Waals surface area contributed by atoms with Gasteiger partial charge in [0.15, 0.2) is 5.76 Å². The number of nitrogen functional groups attached to an aromatic ring is 1. The van der Waals surface area contributed by atoms with Crippen LogP contribution in [-0.2, 0) is 6.18 Å². The van der Waals surface area contributed by atoms with E-state index in [2.05, 4.69) is 9.68 Å². The molecule has 0 atom stereocenters. The molecule has 0 radical (unpaired) electrons. The average Bonchev–Trinajstić information content (AvgIpc) is 2.73. The fourth-order valence-electron chi connectivity index (χ4n) is 1.48. The summed E-state index contributed by atoms with van der Waals surface area (Å²) in [4.78, 5) is 9.72. The molecule has 0 unspecified atom stereocenters. The van der Waals surface area contributed by atoms with Crippen LogP contribution in [0.25, 0.3) is 11.3 Å². The van der Waals surface area contributed by atoms with Crippen molar-refractivity contribution >= 4 is 11.4 Å². The van der Waals surface area contributed by atoms with E-state index in [4.69, 9.17) is 5.73 Å². The maximum Gasteiger partial charge on any atom is 0.416 e. The smallest absolute Gasteiger partial charge is 0.394 e. The van der Waals surface area contributed by atoms with Crippen LogP contribution in [0.3, 0.4) is 0 Å². The van der Waals surface area contributed by atoms with Crippen LogP contribution in [0.15, 0.2) is 28.9 Å². The predicted octanol–water partition coefficient (Wildman–Crippen LogP) is 2.85. The van der Waals surface area contributed by atoms with Crippen molar-refractivity contribution in [3.63, 3.8) is 0 Å². The van der Waals surface area contributed by atoms with Gasteiger partial charge in [-0.15, -0.1) is 0 Å². The molecule has 19 heavy (non-hydrogen) atoms. The summed E-state index contributed by atoms with van der Waals surface area (Å²) >= 11 is 0. The molecule has 2 rings (SSSR count). The molecule has 0 saturated heterocycles. The van der Waals surface area contributed by atoms with E-state index in [1.165, 1.54) is 0 Å². The van der Waals surface area contributed by atoms with E-state index in [9.17, 15) is 23.3 Å². The van der Waals surface area contributed by atoms with Crippen LogP contribution in [-0.4, -0.2) is 10.1 Å². The fourth-order valence-corrected chi connectivity index (χ4v) is 1.48. The van der Waals surface area contributed by atoms with Crippen LogP contribution >= 0.6 is 0 Å². The third-order valence-electron chi connectivity index (χ3n) is 2.32. The number of benzene rings is 1. The number of nitro benzene ring substituents is 1. The Morgan fingerprint density at radius 1 is 1.32 bits per heavy atom.